The first-order valence-corrected chi connectivity index (χ1v) is 11.6. The third-order valence-corrected chi connectivity index (χ3v) is 6.52. The Balaban J connectivity index is 1.83. The molecule has 0 saturated carbocycles. The van der Waals surface area contributed by atoms with Gasteiger partial charge in [-0.2, -0.15) is 0 Å². The number of Topliss-reactive ketones (excluding diaryl/α,β-unsaturated/α-hetero) is 1. The lowest BCUT2D eigenvalue weighted by molar-refractivity contribution is -0.140. The molecule has 6 heteroatoms. The van der Waals surface area contributed by atoms with Crippen LogP contribution < -0.4 is 4.74 Å². The summed E-state index contributed by atoms with van der Waals surface area (Å²) in [6.45, 7) is 6.84. The lowest BCUT2D eigenvalue weighted by atomic mass is 9.94. The topological polar surface area (TPSA) is 70.1 Å². The van der Waals surface area contributed by atoms with Crippen molar-refractivity contribution in [3.05, 3.63) is 83.4 Å². The molecule has 0 spiro atoms. The molecule has 0 aliphatic carbocycles. The number of aliphatic hydroxyl groups excluding tert-OH is 1. The molecule has 0 aromatic heterocycles. The summed E-state index contributed by atoms with van der Waals surface area (Å²) in [5.41, 5.74) is 1.34. The predicted molar refractivity (Wildman–Crippen MR) is 134 cm³/mol. The number of rotatable bonds is 8. The Morgan fingerprint density at radius 3 is 2.41 bits per heavy atom. The number of fused-ring (bicyclic) bond motifs is 1. The zero-order valence-electron chi connectivity index (χ0n) is 19.8. The van der Waals surface area contributed by atoms with Gasteiger partial charge >= 0.3 is 0 Å². The molecule has 0 radical (unpaired) electrons. The first-order chi connectivity index (χ1) is 16.5. The minimum atomic E-state index is -0.697. The van der Waals surface area contributed by atoms with Gasteiger partial charge in [0.05, 0.1) is 18.7 Å². The zero-order valence-corrected chi connectivity index (χ0v) is 19.8. The van der Waals surface area contributed by atoms with Gasteiger partial charge in [-0.25, -0.2) is 0 Å². The van der Waals surface area contributed by atoms with Gasteiger partial charge in [0, 0.05) is 18.7 Å². The fourth-order valence-electron chi connectivity index (χ4n) is 4.55. The first-order valence-electron chi connectivity index (χ1n) is 11.6. The standard InChI is InChI=1S/C28H30N2O4/c1-4-29(5-2)15-16-30-25(21-11-8-12-23(18-21)34-3)24(27(32)28(30)33)26(31)22-14-13-19-9-6-7-10-20(19)17-22/h6-14,17-18,25,31H,4-5,15-16H2,1-3H3/b26-24-. The molecule has 1 fully saturated rings. The van der Waals surface area contributed by atoms with Gasteiger partial charge in [-0.05, 0) is 47.6 Å². The monoisotopic (exact) mass is 458 g/mol. The summed E-state index contributed by atoms with van der Waals surface area (Å²) in [5.74, 6) is -0.805. The van der Waals surface area contributed by atoms with E-state index in [-0.39, 0.29) is 11.3 Å². The minimum Gasteiger partial charge on any atom is -0.507 e. The Bertz CT molecular complexity index is 1250. The van der Waals surface area contributed by atoms with E-state index in [0.717, 1.165) is 29.4 Å². The molecule has 1 amide bonds. The first kappa shape index (κ1) is 23.5. The summed E-state index contributed by atoms with van der Waals surface area (Å²) >= 11 is 0. The molecule has 1 aliphatic heterocycles. The molecule has 6 nitrogen and oxygen atoms in total. The van der Waals surface area contributed by atoms with E-state index < -0.39 is 17.7 Å². The minimum absolute atomic E-state index is 0.105. The molecule has 3 aromatic rings. The fraction of sp³-hybridized carbons (Fsp3) is 0.286. The number of carbonyl (C=O) groups excluding carboxylic acids is 2. The van der Waals surface area contributed by atoms with Crippen molar-refractivity contribution in [2.24, 2.45) is 0 Å². The summed E-state index contributed by atoms with van der Waals surface area (Å²) in [6.07, 6.45) is 0. The summed E-state index contributed by atoms with van der Waals surface area (Å²) in [6, 6.07) is 20.0. The quantitative estimate of drug-likeness (QED) is 0.303. The number of ether oxygens (including phenoxy) is 1. The molecule has 34 heavy (non-hydrogen) atoms. The van der Waals surface area contributed by atoms with Crippen molar-refractivity contribution in [3.63, 3.8) is 0 Å². The zero-order chi connectivity index (χ0) is 24.2. The Kier molecular flexibility index (Phi) is 6.98. The number of benzene rings is 3. The SMILES string of the molecule is CCN(CC)CCN1C(=O)C(=O)/C(=C(\O)c2ccc3ccccc3c2)C1c1cccc(OC)c1. The summed E-state index contributed by atoms with van der Waals surface area (Å²) < 4.78 is 5.39. The van der Waals surface area contributed by atoms with Crippen molar-refractivity contribution in [2.45, 2.75) is 19.9 Å². The van der Waals surface area contributed by atoms with E-state index in [1.54, 1.807) is 18.1 Å². The highest BCUT2D eigenvalue weighted by Crippen LogP contribution is 2.40. The van der Waals surface area contributed by atoms with E-state index in [1.165, 1.54) is 0 Å². The third-order valence-electron chi connectivity index (χ3n) is 6.52. The lowest BCUT2D eigenvalue weighted by Crippen LogP contribution is -2.38. The maximum atomic E-state index is 13.3. The van der Waals surface area contributed by atoms with Crippen LogP contribution in [0.3, 0.4) is 0 Å². The highest BCUT2D eigenvalue weighted by atomic mass is 16.5. The Labute approximate surface area is 200 Å². The number of amides is 1. The Hall–Kier alpha value is -3.64. The molecular weight excluding hydrogens is 428 g/mol. The number of aliphatic hydroxyl groups is 1. The third kappa shape index (κ3) is 4.41. The number of ketones is 1. The molecule has 1 saturated heterocycles. The second-order valence-electron chi connectivity index (χ2n) is 8.36. The maximum Gasteiger partial charge on any atom is 0.295 e. The van der Waals surface area contributed by atoms with E-state index in [1.807, 2.05) is 60.7 Å². The van der Waals surface area contributed by atoms with Gasteiger partial charge in [0.15, 0.2) is 0 Å². The lowest BCUT2D eigenvalue weighted by Gasteiger charge is -2.28. The molecule has 3 aromatic carbocycles. The van der Waals surface area contributed by atoms with Gasteiger partial charge < -0.3 is 19.6 Å². The van der Waals surface area contributed by atoms with Crippen molar-refractivity contribution in [2.75, 3.05) is 33.3 Å². The Morgan fingerprint density at radius 2 is 1.71 bits per heavy atom. The van der Waals surface area contributed by atoms with E-state index in [9.17, 15) is 14.7 Å². The van der Waals surface area contributed by atoms with Crippen LogP contribution in [0.1, 0.15) is 31.0 Å². The smallest absolute Gasteiger partial charge is 0.295 e. The van der Waals surface area contributed by atoms with E-state index in [4.69, 9.17) is 4.74 Å². The number of carbonyl (C=O) groups is 2. The molecule has 1 N–H and O–H groups in total. The highest BCUT2D eigenvalue weighted by molar-refractivity contribution is 6.46. The second kappa shape index (κ2) is 10.1. The molecule has 1 atom stereocenters. The molecule has 176 valence electrons. The van der Waals surface area contributed by atoms with Crippen LogP contribution in [0.4, 0.5) is 0 Å². The van der Waals surface area contributed by atoms with Gasteiger partial charge in [-0.3, -0.25) is 9.59 Å². The van der Waals surface area contributed by atoms with Crippen molar-refractivity contribution in [1.82, 2.24) is 9.80 Å². The van der Waals surface area contributed by atoms with Gasteiger partial charge in [0.25, 0.3) is 11.7 Å². The van der Waals surface area contributed by atoms with Crippen LogP contribution in [0.15, 0.2) is 72.3 Å². The second-order valence-corrected chi connectivity index (χ2v) is 8.36. The summed E-state index contributed by atoms with van der Waals surface area (Å²) in [4.78, 5) is 30.2. The fourth-order valence-corrected chi connectivity index (χ4v) is 4.55. The van der Waals surface area contributed by atoms with Crippen molar-refractivity contribution < 1.29 is 19.4 Å². The van der Waals surface area contributed by atoms with Crippen LogP contribution in [0, 0.1) is 0 Å². The highest BCUT2D eigenvalue weighted by Gasteiger charge is 2.46. The average Bonchev–Trinajstić information content (AvgIpc) is 3.13. The largest absolute Gasteiger partial charge is 0.507 e. The van der Waals surface area contributed by atoms with Gasteiger partial charge in [-0.1, -0.05) is 62.4 Å². The van der Waals surface area contributed by atoms with Crippen LogP contribution in [0.2, 0.25) is 0 Å². The Morgan fingerprint density at radius 1 is 0.971 bits per heavy atom. The van der Waals surface area contributed by atoms with E-state index in [0.29, 0.717) is 24.4 Å². The van der Waals surface area contributed by atoms with Crippen LogP contribution in [0.25, 0.3) is 16.5 Å². The number of likely N-dealkylation sites (tertiary alicyclic amines) is 1. The van der Waals surface area contributed by atoms with Crippen LogP contribution in [-0.2, 0) is 9.59 Å². The number of hydrogen-bond acceptors (Lipinski definition) is 5. The molecular formula is C28H30N2O4. The normalized spacial score (nSPS) is 17.6. The van der Waals surface area contributed by atoms with E-state index in [2.05, 4.69) is 18.7 Å². The van der Waals surface area contributed by atoms with Crippen molar-refractivity contribution in [3.8, 4) is 5.75 Å². The van der Waals surface area contributed by atoms with Gasteiger partial charge in [-0.15, -0.1) is 0 Å². The number of nitrogens with zero attached hydrogens (tertiary/aromatic N) is 2. The molecule has 1 aliphatic rings. The van der Waals surface area contributed by atoms with Gasteiger partial charge in [0.2, 0.25) is 0 Å². The maximum absolute atomic E-state index is 13.3. The van der Waals surface area contributed by atoms with Crippen LogP contribution in [0.5, 0.6) is 5.75 Å². The number of methoxy groups -OCH3 is 1. The average molecular weight is 459 g/mol. The van der Waals surface area contributed by atoms with Crippen LogP contribution in [-0.4, -0.2) is 59.9 Å². The number of likely N-dealkylation sites (N-methyl/N-ethyl adjacent to an activating group) is 1. The summed E-state index contributed by atoms with van der Waals surface area (Å²) in [7, 11) is 1.57. The van der Waals surface area contributed by atoms with Crippen molar-refractivity contribution >= 4 is 28.2 Å². The van der Waals surface area contributed by atoms with Crippen LogP contribution >= 0.6 is 0 Å². The van der Waals surface area contributed by atoms with Gasteiger partial charge in [0.1, 0.15) is 11.5 Å². The molecule has 1 unspecified atom stereocenters. The molecule has 0 bridgehead atoms. The van der Waals surface area contributed by atoms with Crippen molar-refractivity contribution in [1.29, 1.82) is 0 Å². The molecule has 1 heterocycles. The predicted octanol–water partition coefficient (Wildman–Crippen LogP) is 4.61. The van der Waals surface area contributed by atoms with E-state index >= 15 is 0 Å². The molecule has 4 rings (SSSR count). The summed E-state index contributed by atoms with van der Waals surface area (Å²) in [5, 5.41) is 13.3. The number of hydrogen-bond donors (Lipinski definition) is 1.